The monoisotopic (exact) mass is 414 g/mol. The number of para-hydroxylation sites is 1. The highest BCUT2D eigenvalue weighted by Gasteiger charge is 2.33. The molecule has 4 aromatic rings. The molecule has 0 radical (unpaired) electrons. The Morgan fingerprint density at radius 1 is 1.10 bits per heavy atom. The molecule has 1 aliphatic rings. The second kappa shape index (κ2) is 7.19. The van der Waals surface area contributed by atoms with E-state index in [1.54, 1.807) is 12.1 Å². The molecule has 7 heteroatoms. The maximum Gasteiger partial charge on any atom is 0.335 e. The Balaban J connectivity index is 1.57. The second-order valence-corrected chi connectivity index (χ2v) is 8.67. The van der Waals surface area contributed by atoms with Crippen LogP contribution in [0.3, 0.4) is 0 Å². The Hall–Kier alpha value is -3.74. The predicted molar refractivity (Wildman–Crippen MR) is 115 cm³/mol. The molecule has 0 amide bonds. The average Bonchev–Trinajstić information content (AvgIpc) is 3.38. The lowest BCUT2D eigenvalue weighted by molar-refractivity contribution is 0.0697. The topological polar surface area (TPSA) is 94.0 Å². The number of carboxylic acid groups (broad SMARTS) is 1. The van der Waals surface area contributed by atoms with Gasteiger partial charge in [-0.25, -0.2) is 9.48 Å². The fraction of sp³-hybridized carbons (Fsp3) is 0.250. The predicted octanol–water partition coefficient (Wildman–Crippen LogP) is 4.80. The summed E-state index contributed by atoms with van der Waals surface area (Å²) in [5.74, 6) is -0.185. The highest BCUT2D eigenvalue weighted by molar-refractivity contribution is 5.88. The Kier molecular flexibility index (Phi) is 4.46. The van der Waals surface area contributed by atoms with Gasteiger partial charge in [0.25, 0.3) is 5.89 Å². The van der Waals surface area contributed by atoms with Crippen LogP contribution < -0.4 is 0 Å². The molecule has 2 aromatic carbocycles. The number of carbonyl (C=O) groups is 1. The van der Waals surface area contributed by atoms with Crippen molar-refractivity contribution in [2.45, 2.75) is 33.1 Å². The van der Waals surface area contributed by atoms with Crippen molar-refractivity contribution in [3.63, 3.8) is 0 Å². The van der Waals surface area contributed by atoms with E-state index in [0.29, 0.717) is 17.3 Å². The minimum atomic E-state index is -0.971. The number of hydrogen-bond acceptors (Lipinski definition) is 5. The number of nitrogens with zero attached hydrogens (tertiary/aromatic N) is 4. The van der Waals surface area contributed by atoms with Crippen LogP contribution in [0.25, 0.3) is 28.7 Å². The number of aromatic carboxylic acids is 1. The SMILES string of the molecule is CC1(C)CCc2c(-c3nc(-c4ccc(C(=O)O)cc4)no3)nn(-c3ccccc3)c2C1. The Morgan fingerprint density at radius 3 is 2.55 bits per heavy atom. The van der Waals surface area contributed by atoms with E-state index in [9.17, 15) is 4.79 Å². The first kappa shape index (κ1) is 19.2. The number of benzene rings is 2. The summed E-state index contributed by atoms with van der Waals surface area (Å²) in [5, 5.41) is 18.1. The third kappa shape index (κ3) is 3.52. The zero-order valence-electron chi connectivity index (χ0n) is 17.4. The first-order chi connectivity index (χ1) is 14.9. The fourth-order valence-corrected chi connectivity index (χ4v) is 4.09. The average molecular weight is 414 g/mol. The smallest absolute Gasteiger partial charge is 0.335 e. The van der Waals surface area contributed by atoms with E-state index < -0.39 is 5.97 Å². The van der Waals surface area contributed by atoms with Crippen LogP contribution in [-0.2, 0) is 12.8 Å². The lowest BCUT2D eigenvalue weighted by Gasteiger charge is -2.30. The van der Waals surface area contributed by atoms with Crippen molar-refractivity contribution in [3.05, 3.63) is 71.4 Å². The van der Waals surface area contributed by atoms with Crippen LogP contribution in [-0.4, -0.2) is 31.0 Å². The van der Waals surface area contributed by atoms with Crippen molar-refractivity contribution < 1.29 is 14.4 Å². The van der Waals surface area contributed by atoms with E-state index in [-0.39, 0.29) is 11.0 Å². The number of rotatable bonds is 4. The molecular weight excluding hydrogens is 392 g/mol. The molecule has 156 valence electrons. The summed E-state index contributed by atoms with van der Waals surface area (Å²) in [6, 6.07) is 16.5. The van der Waals surface area contributed by atoms with Gasteiger partial charge in [-0.3, -0.25) is 0 Å². The molecule has 0 saturated carbocycles. The van der Waals surface area contributed by atoms with Gasteiger partial charge < -0.3 is 9.63 Å². The number of aromatic nitrogens is 4. The summed E-state index contributed by atoms with van der Waals surface area (Å²) in [4.78, 5) is 15.7. The van der Waals surface area contributed by atoms with Crippen molar-refractivity contribution in [1.82, 2.24) is 19.9 Å². The van der Waals surface area contributed by atoms with E-state index in [1.807, 2.05) is 35.0 Å². The van der Waals surface area contributed by atoms with Crippen molar-refractivity contribution in [1.29, 1.82) is 0 Å². The molecule has 0 atom stereocenters. The molecule has 0 bridgehead atoms. The summed E-state index contributed by atoms with van der Waals surface area (Å²) in [5.41, 5.74) is 5.16. The van der Waals surface area contributed by atoms with Crippen LogP contribution in [0.1, 0.15) is 41.9 Å². The van der Waals surface area contributed by atoms with Crippen molar-refractivity contribution in [2.24, 2.45) is 5.41 Å². The van der Waals surface area contributed by atoms with Gasteiger partial charge in [0, 0.05) is 16.8 Å². The Morgan fingerprint density at radius 2 is 1.84 bits per heavy atom. The van der Waals surface area contributed by atoms with E-state index in [1.165, 1.54) is 17.8 Å². The van der Waals surface area contributed by atoms with Gasteiger partial charge in [0.05, 0.1) is 11.3 Å². The zero-order valence-corrected chi connectivity index (χ0v) is 17.4. The van der Waals surface area contributed by atoms with Crippen LogP contribution in [0.4, 0.5) is 0 Å². The molecular formula is C24H22N4O3. The number of carboxylic acids is 1. The first-order valence-electron chi connectivity index (χ1n) is 10.3. The Bertz CT molecular complexity index is 1250. The van der Waals surface area contributed by atoms with Crippen LogP contribution in [0, 0.1) is 5.41 Å². The summed E-state index contributed by atoms with van der Waals surface area (Å²) in [6.45, 7) is 4.56. The molecule has 1 N–H and O–H groups in total. The number of hydrogen-bond donors (Lipinski definition) is 1. The van der Waals surface area contributed by atoms with Gasteiger partial charge in [0.1, 0.15) is 0 Å². The van der Waals surface area contributed by atoms with Gasteiger partial charge in [0.15, 0.2) is 5.69 Å². The summed E-state index contributed by atoms with van der Waals surface area (Å²) in [6.07, 6.45) is 2.88. The van der Waals surface area contributed by atoms with E-state index in [2.05, 4.69) is 24.0 Å². The highest BCUT2D eigenvalue weighted by Crippen LogP contribution is 2.39. The maximum atomic E-state index is 11.1. The Labute approximate surface area is 179 Å². The minimum Gasteiger partial charge on any atom is -0.478 e. The summed E-state index contributed by atoms with van der Waals surface area (Å²) < 4.78 is 7.59. The minimum absolute atomic E-state index is 0.197. The molecule has 2 aromatic heterocycles. The van der Waals surface area contributed by atoms with Crippen LogP contribution in [0.5, 0.6) is 0 Å². The quantitative estimate of drug-likeness (QED) is 0.515. The molecule has 7 nitrogen and oxygen atoms in total. The van der Waals surface area contributed by atoms with Gasteiger partial charge in [-0.15, -0.1) is 0 Å². The summed E-state index contributed by atoms with van der Waals surface area (Å²) in [7, 11) is 0. The highest BCUT2D eigenvalue weighted by atomic mass is 16.5. The molecule has 0 unspecified atom stereocenters. The van der Waals surface area contributed by atoms with Crippen LogP contribution in [0.2, 0.25) is 0 Å². The zero-order chi connectivity index (χ0) is 21.6. The van der Waals surface area contributed by atoms with Crippen molar-refractivity contribution in [2.75, 3.05) is 0 Å². The van der Waals surface area contributed by atoms with Crippen molar-refractivity contribution >= 4 is 5.97 Å². The van der Waals surface area contributed by atoms with Gasteiger partial charge in [-0.2, -0.15) is 10.1 Å². The van der Waals surface area contributed by atoms with Gasteiger partial charge in [-0.1, -0.05) is 49.3 Å². The molecule has 2 heterocycles. The standard InChI is InChI=1S/C24H22N4O3/c1-24(2)13-12-18-19(14-24)28(17-6-4-3-5-7-17)26-20(18)22-25-21(27-31-22)15-8-10-16(11-9-15)23(29)30/h3-11H,12-14H2,1-2H3,(H,29,30). The van der Waals surface area contributed by atoms with E-state index in [0.717, 1.165) is 36.2 Å². The third-order valence-corrected chi connectivity index (χ3v) is 5.81. The normalized spacial score (nSPS) is 14.9. The van der Waals surface area contributed by atoms with Gasteiger partial charge in [0.2, 0.25) is 5.82 Å². The third-order valence-electron chi connectivity index (χ3n) is 5.81. The van der Waals surface area contributed by atoms with Gasteiger partial charge in [-0.05, 0) is 48.9 Å². The second-order valence-electron chi connectivity index (χ2n) is 8.67. The van der Waals surface area contributed by atoms with E-state index >= 15 is 0 Å². The molecule has 5 rings (SSSR count). The molecule has 0 fully saturated rings. The molecule has 1 aliphatic carbocycles. The largest absolute Gasteiger partial charge is 0.478 e. The lowest BCUT2D eigenvalue weighted by atomic mass is 9.76. The number of fused-ring (bicyclic) bond motifs is 1. The van der Waals surface area contributed by atoms with Crippen LogP contribution in [0.15, 0.2) is 59.1 Å². The van der Waals surface area contributed by atoms with Crippen molar-refractivity contribution in [3.8, 4) is 28.7 Å². The summed E-state index contributed by atoms with van der Waals surface area (Å²) >= 11 is 0. The first-order valence-corrected chi connectivity index (χ1v) is 10.3. The van der Waals surface area contributed by atoms with Crippen LogP contribution >= 0.6 is 0 Å². The maximum absolute atomic E-state index is 11.1. The van der Waals surface area contributed by atoms with Gasteiger partial charge >= 0.3 is 5.97 Å². The molecule has 0 spiro atoms. The molecule has 0 aliphatic heterocycles. The fourth-order valence-electron chi connectivity index (χ4n) is 4.09. The lowest BCUT2D eigenvalue weighted by Crippen LogP contribution is -2.23. The van der Waals surface area contributed by atoms with E-state index in [4.69, 9.17) is 14.7 Å². The molecule has 0 saturated heterocycles. The molecule has 31 heavy (non-hydrogen) atoms.